The molecule has 1 amide bonds. The van der Waals surface area contributed by atoms with Gasteiger partial charge in [0.2, 0.25) is 5.78 Å². The summed E-state index contributed by atoms with van der Waals surface area (Å²) in [5.74, 6) is -4.84. The summed E-state index contributed by atoms with van der Waals surface area (Å²) in [7, 11) is 1.21. The molecule has 3 aliphatic rings. The van der Waals surface area contributed by atoms with Gasteiger partial charge in [0, 0.05) is 25.0 Å². The third kappa shape index (κ3) is 2.67. The topological polar surface area (TPSA) is 147 Å². The minimum absolute atomic E-state index is 0.0199. The van der Waals surface area contributed by atoms with Crippen LogP contribution in [-0.4, -0.2) is 45.5 Å². The molecule has 1 saturated carbocycles. The van der Waals surface area contributed by atoms with Gasteiger partial charge < -0.3 is 25.8 Å². The number of nitrogens with two attached hydrogens (primary N) is 1. The van der Waals surface area contributed by atoms with Crippen molar-refractivity contribution in [2.75, 3.05) is 7.11 Å². The second-order valence-electron chi connectivity index (χ2n) is 8.76. The number of fused-ring (bicyclic) bond motifs is 3. The Hall–Kier alpha value is -3.13. The van der Waals surface area contributed by atoms with E-state index in [1.54, 1.807) is 6.07 Å². The van der Waals surface area contributed by atoms with E-state index in [1.165, 1.54) is 13.2 Å². The maximum absolute atomic E-state index is 13.7. The van der Waals surface area contributed by atoms with Gasteiger partial charge in [-0.1, -0.05) is 19.9 Å². The van der Waals surface area contributed by atoms with Crippen LogP contribution in [0.3, 0.4) is 0 Å². The Morgan fingerprint density at radius 3 is 2.45 bits per heavy atom. The molecule has 3 aliphatic carbocycles. The highest BCUT2D eigenvalue weighted by Crippen LogP contribution is 2.53. The predicted octanol–water partition coefficient (Wildman–Crippen LogP) is 2.20. The molecule has 0 spiro atoms. The van der Waals surface area contributed by atoms with Crippen molar-refractivity contribution in [3.8, 4) is 5.75 Å². The molecule has 4 rings (SSSR count). The Kier molecular flexibility index (Phi) is 4.73. The highest BCUT2D eigenvalue weighted by molar-refractivity contribution is 6.22. The van der Waals surface area contributed by atoms with Gasteiger partial charge in [-0.2, -0.15) is 0 Å². The maximum atomic E-state index is 13.7. The zero-order valence-corrected chi connectivity index (χ0v) is 17.6. The summed E-state index contributed by atoms with van der Waals surface area (Å²) in [6, 6.07) is 3.29. The van der Waals surface area contributed by atoms with Crippen molar-refractivity contribution in [2.45, 2.75) is 44.6 Å². The van der Waals surface area contributed by atoms with Crippen LogP contribution < -0.4 is 5.73 Å². The largest absolute Gasteiger partial charge is 0.508 e. The van der Waals surface area contributed by atoms with E-state index in [9.17, 15) is 29.7 Å². The Bertz CT molecular complexity index is 1100. The second kappa shape index (κ2) is 6.95. The van der Waals surface area contributed by atoms with Crippen LogP contribution in [0.2, 0.25) is 0 Å². The molecule has 0 saturated heterocycles. The van der Waals surface area contributed by atoms with Gasteiger partial charge in [0.25, 0.3) is 5.91 Å². The third-order valence-corrected chi connectivity index (χ3v) is 6.89. The molecule has 1 aromatic rings. The smallest absolute Gasteiger partial charge is 0.255 e. The zero-order chi connectivity index (χ0) is 22.8. The number of carbonyl (C=O) groups is 3. The summed E-state index contributed by atoms with van der Waals surface area (Å²) in [5.41, 5.74) is 4.57. The van der Waals surface area contributed by atoms with Crippen molar-refractivity contribution in [2.24, 2.45) is 17.6 Å². The van der Waals surface area contributed by atoms with Crippen LogP contribution in [0, 0.1) is 11.8 Å². The van der Waals surface area contributed by atoms with Crippen molar-refractivity contribution in [1.29, 1.82) is 0 Å². The number of aliphatic hydroxyl groups excluding tert-OH is 2. The second-order valence-corrected chi connectivity index (χ2v) is 8.76. The fourth-order valence-corrected chi connectivity index (χ4v) is 5.52. The number of Topliss-reactive ketones (excluding diaryl/α,β-unsaturated/α-hetero) is 2. The number of phenolic OH excluding ortho intramolecular Hbond substituents is 1. The number of primary amides is 1. The lowest BCUT2D eigenvalue weighted by Gasteiger charge is -2.48. The van der Waals surface area contributed by atoms with E-state index in [2.05, 4.69) is 0 Å². The number of methoxy groups -OCH3 is 1. The van der Waals surface area contributed by atoms with Gasteiger partial charge in [-0.3, -0.25) is 14.4 Å². The van der Waals surface area contributed by atoms with E-state index < -0.39 is 46.2 Å². The fraction of sp³-hybridized carbons (Fsp3) is 0.435. The van der Waals surface area contributed by atoms with E-state index in [-0.39, 0.29) is 41.4 Å². The molecule has 1 fully saturated rings. The van der Waals surface area contributed by atoms with E-state index in [1.807, 2.05) is 13.8 Å². The van der Waals surface area contributed by atoms with E-state index in [0.717, 1.165) is 11.1 Å². The molecule has 31 heavy (non-hydrogen) atoms. The lowest BCUT2D eigenvalue weighted by atomic mass is 9.59. The Morgan fingerprint density at radius 2 is 1.87 bits per heavy atom. The van der Waals surface area contributed by atoms with Crippen molar-refractivity contribution < 1.29 is 34.4 Å². The molecule has 1 aromatic carbocycles. The van der Waals surface area contributed by atoms with Gasteiger partial charge in [0.05, 0.1) is 5.56 Å². The number of rotatable bonds is 3. The molecule has 0 aromatic heterocycles. The molecule has 0 radical (unpaired) electrons. The quantitative estimate of drug-likeness (QED) is 0.541. The fourth-order valence-electron chi connectivity index (χ4n) is 5.52. The van der Waals surface area contributed by atoms with Gasteiger partial charge in [0.15, 0.2) is 11.4 Å². The van der Waals surface area contributed by atoms with Gasteiger partial charge in [-0.05, 0) is 41.9 Å². The number of benzene rings is 1. The van der Waals surface area contributed by atoms with E-state index >= 15 is 0 Å². The van der Waals surface area contributed by atoms with Crippen LogP contribution >= 0.6 is 0 Å². The zero-order valence-electron chi connectivity index (χ0n) is 17.6. The van der Waals surface area contributed by atoms with Crippen molar-refractivity contribution in [3.05, 3.63) is 45.7 Å². The number of amides is 1. The highest BCUT2D eigenvalue weighted by atomic mass is 16.5. The number of phenols is 1. The molecule has 8 nitrogen and oxygen atoms in total. The molecule has 0 bridgehead atoms. The standard InChI is InChI=1S/C23H25NO7/c1-9(2)12-4-5-14(25)17-13(12)7-10-6-11-8-15(26)18(22(24)30)21(29)23(11,31-3)20(28)16(10)19(17)27/h4-5,9-11,25,27,29H,6-8H2,1-3H3,(H2,24,30)/t10-,11+,23+/m1/s1. The third-order valence-electron chi connectivity index (χ3n) is 6.89. The molecule has 8 heteroatoms. The van der Waals surface area contributed by atoms with Crippen LogP contribution in [0.15, 0.2) is 29.0 Å². The van der Waals surface area contributed by atoms with E-state index in [4.69, 9.17) is 10.5 Å². The van der Waals surface area contributed by atoms with Gasteiger partial charge in [-0.25, -0.2) is 0 Å². The lowest BCUT2D eigenvalue weighted by molar-refractivity contribution is -0.153. The van der Waals surface area contributed by atoms with Crippen molar-refractivity contribution in [1.82, 2.24) is 0 Å². The van der Waals surface area contributed by atoms with Crippen molar-refractivity contribution >= 4 is 23.2 Å². The SMILES string of the molecule is CO[C@]12C(=O)C3=C(O)c4c(O)ccc(C(C)C)c4C[C@H]3C[C@H]1CC(=O)C(C(N)=O)=C2O. The van der Waals surface area contributed by atoms with Crippen LogP contribution in [0.4, 0.5) is 0 Å². The normalized spacial score (nSPS) is 27.9. The number of ketones is 2. The van der Waals surface area contributed by atoms with Crippen LogP contribution in [0.25, 0.3) is 5.76 Å². The van der Waals surface area contributed by atoms with Crippen molar-refractivity contribution in [3.63, 3.8) is 0 Å². The van der Waals surface area contributed by atoms with Crippen LogP contribution in [-0.2, 0) is 25.5 Å². The molecule has 0 heterocycles. The van der Waals surface area contributed by atoms with Crippen LogP contribution in [0.1, 0.15) is 49.3 Å². The monoisotopic (exact) mass is 427 g/mol. The molecule has 5 N–H and O–H groups in total. The summed E-state index contributed by atoms with van der Waals surface area (Å²) >= 11 is 0. The highest BCUT2D eigenvalue weighted by Gasteiger charge is 2.61. The average molecular weight is 427 g/mol. The van der Waals surface area contributed by atoms with Gasteiger partial charge in [0.1, 0.15) is 22.8 Å². The number of carbonyl (C=O) groups excluding carboxylic acids is 3. The first-order valence-electron chi connectivity index (χ1n) is 10.2. The summed E-state index contributed by atoms with van der Waals surface area (Å²) in [4.78, 5) is 38.0. The Labute approximate surface area is 179 Å². The first kappa shape index (κ1) is 21.1. The molecule has 0 unspecified atom stereocenters. The summed E-state index contributed by atoms with van der Waals surface area (Å²) in [6.45, 7) is 4.00. The summed E-state index contributed by atoms with van der Waals surface area (Å²) < 4.78 is 5.49. The number of aliphatic hydroxyl groups is 2. The first-order valence-corrected chi connectivity index (χ1v) is 10.2. The number of hydrogen-bond acceptors (Lipinski definition) is 7. The van der Waals surface area contributed by atoms with Crippen LogP contribution in [0.5, 0.6) is 5.75 Å². The minimum atomic E-state index is -1.99. The Morgan fingerprint density at radius 1 is 1.19 bits per heavy atom. The molecule has 3 atom stereocenters. The molecule has 0 aliphatic heterocycles. The molecular weight excluding hydrogens is 402 g/mol. The number of aromatic hydroxyl groups is 1. The predicted molar refractivity (Wildman–Crippen MR) is 110 cm³/mol. The molecule has 164 valence electrons. The molecular formula is C23H25NO7. The average Bonchev–Trinajstić information content (AvgIpc) is 2.67. The first-order chi connectivity index (χ1) is 14.6. The van der Waals surface area contributed by atoms with Gasteiger partial charge in [-0.15, -0.1) is 0 Å². The minimum Gasteiger partial charge on any atom is -0.508 e. The lowest BCUT2D eigenvalue weighted by Crippen LogP contribution is -2.59. The number of ether oxygens (including phenoxy) is 1. The number of hydrogen-bond donors (Lipinski definition) is 4. The summed E-state index contributed by atoms with van der Waals surface area (Å²) in [6.07, 6.45) is 0.476. The maximum Gasteiger partial charge on any atom is 0.255 e. The van der Waals surface area contributed by atoms with Gasteiger partial charge >= 0.3 is 0 Å². The van der Waals surface area contributed by atoms with E-state index in [0.29, 0.717) is 6.42 Å². The summed E-state index contributed by atoms with van der Waals surface area (Å²) in [5, 5.41) is 32.4. The Balaban J connectivity index is 1.97.